The van der Waals surface area contributed by atoms with Gasteiger partial charge in [-0.1, -0.05) is 0 Å². The van der Waals surface area contributed by atoms with Crippen LogP contribution in [0.5, 0.6) is 5.75 Å². The van der Waals surface area contributed by atoms with E-state index in [0.29, 0.717) is 12.2 Å². The van der Waals surface area contributed by atoms with Crippen LogP contribution < -0.4 is 9.67 Å². The summed E-state index contributed by atoms with van der Waals surface area (Å²) in [5.74, 6) is -0.963. The number of hydrogen-bond donors (Lipinski definition) is 6. The van der Waals surface area contributed by atoms with Gasteiger partial charge in [0.25, 0.3) is 0 Å². The first-order valence-electron chi connectivity index (χ1n) is 6.08. The second kappa shape index (κ2) is 9.57. The van der Waals surface area contributed by atoms with E-state index in [0.717, 1.165) is 0 Å². The van der Waals surface area contributed by atoms with Gasteiger partial charge >= 0.3 is 94.1 Å². The number of thiol groups is 1. The molecule has 0 aliphatic rings. The van der Waals surface area contributed by atoms with Crippen molar-refractivity contribution in [2.45, 2.75) is 19.8 Å². The topological polar surface area (TPSA) is 144 Å². The molecule has 0 aromatic heterocycles. The average Bonchev–Trinajstić information content (AvgIpc) is 2.37. The number of hydrogen-bond acceptors (Lipinski definition) is 5. The van der Waals surface area contributed by atoms with E-state index in [-0.39, 0.29) is 22.2 Å². The molecule has 8 nitrogen and oxygen atoms in total. The zero-order chi connectivity index (χ0) is 17.3. The molecule has 0 heterocycles. The summed E-state index contributed by atoms with van der Waals surface area (Å²) in [6.45, 7) is 1.18. The average molecular weight is 395 g/mol. The minimum atomic E-state index is -5.14. The Labute approximate surface area is 135 Å². The van der Waals surface area contributed by atoms with Crippen LogP contribution in [0, 0.1) is 0 Å². The Kier molecular flexibility index (Phi) is 8.96. The van der Waals surface area contributed by atoms with Gasteiger partial charge in [0.15, 0.2) is 0 Å². The fourth-order valence-electron chi connectivity index (χ4n) is 1.31. The molecule has 0 radical (unpaired) electrons. The Morgan fingerprint density at radius 3 is 2.27 bits per heavy atom. The second-order valence-electron chi connectivity index (χ2n) is 4.12. The maximum absolute atomic E-state index is 11.1. The monoisotopic (exact) mass is 395 g/mol. The summed E-state index contributed by atoms with van der Waals surface area (Å²) in [6, 6.07) is 3.71. The van der Waals surface area contributed by atoms with Crippen LogP contribution in [0.3, 0.4) is 0 Å². The number of carboxylic acids is 1. The number of phenols is 1. The molecule has 1 rings (SSSR count). The van der Waals surface area contributed by atoms with E-state index in [4.69, 9.17) is 13.3 Å². The van der Waals surface area contributed by atoms with E-state index in [2.05, 4.69) is 17.9 Å². The molecular formula is C12H18AsNO7S. The van der Waals surface area contributed by atoms with E-state index in [9.17, 15) is 18.4 Å². The van der Waals surface area contributed by atoms with Crippen molar-refractivity contribution in [2.75, 3.05) is 11.1 Å². The number of benzene rings is 1. The minimum absolute atomic E-state index is 0.225. The van der Waals surface area contributed by atoms with E-state index in [1.165, 1.54) is 25.1 Å². The van der Waals surface area contributed by atoms with Gasteiger partial charge < -0.3 is 5.11 Å². The minimum Gasteiger partial charge on any atom is -0.481 e. The first-order chi connectivity index (χ1) is 10.1. The summed E-state index contributed by atoms with van der Waals surface area (Å²) >= 11 is -1.31. The molecule has 1 aromatic carbocycles. The second-order valence-corrected chi connectivity index (χ2v) is 7.86. The largest absolute Gasteiger partial charge is 0.481 e. The molecular weight excluding hydrogens is 377 g/mol. The molecule has 0 aliphatic carbocycles. The Balaban J connectivity index is 0.000000534. The van der Waals surface area contributed by atoms with E-state index in [1.807, 2.05) is 0 Å². The van der Waals surface area contributed by atoms with Gasteiger partial charge in [-0.15, -0.1) is 0 Å². The number of nitrogens with one attached hydrogen (secondary N) is 1. The molecule has 22 heavy (non-hydrogen) atoms. The fourth-order valence-corrected chi connectivity index (χ4v) is 3.02. The number of carbonyl (C=O) groups excluding carboxylic acids is 1. The summed E-state index contributed by atoms with van der Waals surface area (Å²) in [6.07, 6.45) is 0.905. The van der Waals surface area contributed by atoms with Crippen LogP contribution in [0.4, 0.5) is 5.69 Å². The van der Waals surface area contributed by atoms with Crippen molar-refractivity contribution in [1.29, 1.82) is 0 Å². The standard InChI is InChI=1S/C8H10AsNO5.C4H8O2S/c1-5(11)10-8-6(9(13,14)15)3-2-4-7(8)12;5-4(6)2-1-3-7/h2-4,12H,1H3,(H,10,11)(H2,13,14,15);7H,1-3H2,(H,5,6). The molecule has 1 amide bonds. The zero-order valence-electron chi connectivity index (χ0n) is 11.8. The first-order valence-corrected chi connectivity index (χ1v) is 10.1. The SMILES string of the molecule is CC(=O)Nc1c(O)cccc1[As](=O)(O)O.O=C(O)CCCS. The number of carboxylic acid groups (broad SMARTS) is 1. The zero-order valence-corrected chi connectivity index (χ0v) is 14.5. The number of anilines is 1. The van der Waals surface area contributed by atoms with Gasteiger partial charge in [-0.05, 0) is 12.2 Å². The quantitative estimate of drug-likeness (QED) is 0.228. The fraction of sp³-hybridized carbons (Fsp3) is 0.333. The first kappa shape index (κ1) is 20.6. The summed E-state index contributed by atoms with van der Waals surface area (Å²) in [5, 5.41) is 19.5. The van der Waals surface area contributed by atoms with Crippen molar-refractivity contribution in [1.82, 2.24) is 0 Å². The van der Waals surface area contributed by atoms with Crippen molar-refractivity contribution in [3.63, 3.8) is 0 Å². The van der Waals surface area contributed by atoms with Gasteiger partial charge in [0, 0.05) is 6.42 Å². The van der Waals surface area contributed by atoms with Gasteiger partial charge in [0.2, 0.25) is 0 Å². The number of amides is 1. The predicted molar refractivity (Wildman–Crippen MR) is 83.6 cm³/mol. The van der Waals surface area contributed by atoms with Gasteiger partial charge in [0.05, 0.1) is 0 Å². The number of carbonyl (C=O) groups is 2. The van der Waals surface area contributed by atoms with Crippen molar-refractivity contribution in [3.05, 3.63) is 18.2 Å². The molecule has 0 atom stereocenters. The number of para-hydroxylation sites is 1. The van der Waals surface area contributed by atoms with Crippen LogP contribution >= 0.6 is 12.6 Å². The normalized spacial score (nSPS) is 10.4. The molecule has 0 unspecified atom stereocenters. The molecule has 10 heteroatoms. The number of phenolic OH excluding ortho intramolecular Hbond substituents is 1. The third-order valence-electron chi connectivity index (χ3n) is 2.18. The summed E-state index contributed by atoms with van der Waals surface area (Å²) < 4.78 is 28.8. The van der Waals surface area contributed by atoms with E-state index < -0.39 is 26.0 Å². The third-order valence-corrected chi connectivity index (χ3v) is 4.60. The van der Waals surface area contributed by atoms with Gasteiger partial charge in [-0.3, -0.25) is 4.79 Å². The molecule has 5 N–H and O–H groups in total. The molecule has 0 bridgehead atoms. The number of rotatable bonds is 5. The van der Waals surface area contributed by atoms with E-state index >= 15 is 0 Å². The molecule has 124 valence electrons. The maximum atomic E-state index is 11.1. The molecule has 0 saturated carbocycles. The molecule has 0 fully saturated rings. The third kappa shape index (κ3) is 8.13. The Hall–Kier alpha value is -1.41. The predicted octanol–water partition coefficient (Wildman–Crippen LogP) is -0.307. The Morgan fingerprint density at radius 1 is 1.32 bits per heavy atom. The van der Waals surface area contributed by atoms with Crippen molar-refractivity contribution in [2.24, 2.45) is 0 Å². The Morgan fingerprint density at radius 2 is 1.91 bits per heavy atom. The van der Waals surface area contributed by atoms with Crippen LogP contribution in [0.1, 0.15) is 19.8 Å². The van der Waals surface area contributed by atoms with Crippen LogP contribution in [0.25, 0.3) is 0 Å². The van der Waals surface area contributed by atoms with Gasteiger partial charge in [-0.25, -0.2) is 0 Å². The molecule has 0 saturated heterocycles. The van der Waals surface area contributed by atoms with Crippen LogP contribution in [-0.2, 0) is 13.3 Å². The van der Waals surface area contributed by atoms with Crippen LogP contribution in [0.15, 0.2) is 18.2 Å². The number of aromatic hydroxyl groups is 1. The number of aliphatic carboxylic acids is 1. The molecule has 0 aliphatic heterocycles. The van der Waals surface area contributed by atoms with Gasteiger partial charge in [0.1, 0.15) is 0 Å². The van der Waals surface area contributed by atoms with Crippen molar-refractivity contribution in [3.8, 4) is 5.75 Å². The van der Waals surface area contributed by atoms with Crippen molar-refractivity contribution < 1.29 is 31.7 Å². The van der Waals surface area contributed by atoms with Gasteiger partial charge in [-0.2, -0.15) is 12.6 Å². The van der Waals surface area contributed by atoms with Crippen LogP contribution in [-0.4, -0.2) is 50.2 Å². The van der Waals surface area contributed by atoms with Crippen molar-refractivity contribution >= 4 is 48.7 Å². The molecule has 1 aromatic rings. The van der Waals surface area contributed by atoms with Crippen LogP contribution in [0.2, 0.25) is 0 Å². The summed E-state index contributed by atoms with van der Waals surface area (Å²) in [7, 11) is 0. The Bertz CT molecular complexity index is 573. The molecule has 0 spiro atoms. The maximum Gasteiger partial charge on any atom is 0.303 e. The summed E-state index contributed by atoms with van der Waals surface area (Å²) in [5.41, 5.74) is -0.225. The summed E-state index contributed by atoms with van der Waals surface area (Å²) in [4.78, 5) is 20.5. The van der Waals surface area contributed by atoms with E-state index in [1.54, 1.807) is 0 Å². The smallest absolute Gasteiger partial charge is 0.303 e.